The Bertz CT molecular complexity index is 1210. The topological polar surface area (TPSA) is 128 Å². The number of ether oxygens (including phenoxy) is 2. The molecule has 36 heavy (non-hydrogen) atoms. The number of carbonyl (C=O) groups excluding carboxylic acids is 1. The number of anilines is 1. The maximum atomic E-state index is 12.9. The highest BCUT2D eigenvalue weighted by Crippen LogP contribution is 2.42. The highest BCUT2D eigenvalue weighted by atomic mass is 32.2. The number of methoxy groups -OCH3 is 1. The second-order valence-corrected chi connectivity index (χ2v) is 10.8. The van der Waals surface area contributed by atoms with Crippen LogP contribution in [-0.2, 0) is 14.8 Å². The van der Waals surface area contributed by atoms with Gasteiger partial charge in [-0.1, -0.05) is 32.0 Å². The molecule has 0 saturated heterocycles. The van der Waals surface area contributed by atoms with E-state index in [0.717, 1.165) is 40.8 Å². The van der Waals surface area contributed by atoms with Crippen LogP contribution in [0.5, 0.6) is 11.5 Å². The van der Waals surface area contributed by atoms with Gasteiger partial charge < -0.3 is 14.8 Å². The Kier molecular flexibility index (Phi) is 8.44. The molecule has 10 nitrogen and oxygen atoms in total. The van der Waals surface area contributed by atoms with Crippen molar-refractivity contribution in [3.63, 3.8) is 0 Å². The SMILES string of the molecule is CCC1(CC)C[C@@H](NC(=O)CCCN(c2cc([N+](=O)[O-])ccc2OC)S(C)(=O)=O)c2ccccc2O1. The number of rotatable bonds is 11. The Morgan fingerprint density at radius 1 is 1.25 bits per heavy atom. The summed E-state index contributed by atoms with van der Waals surface area (Å²) >= 11 is 0. The summed E-state index contributed by atoms with van der Waals surface area (Å²) in [6, 6.07) is 11.2. The molecule has 1 atom stereocenters. The number of non-ortho nitro benzene ring substituents is 1. The van der Waals surface area contributed by atoms with Crippen molar-refractivity contribution in [3.8, 4) is 11.5 Å². The second-order valence-electron chi connectivity index (χ2n) is 8.91. The monoisotopic (exact) mass is 519 g/mol. The average Bonchev–Trinajstić information content (AvgIpc) is 2.85. The van der Waals surface area contributed by atoms with Gasteiger partial charge in [-0.15, -0.1) is 0 Å². The quantitative estimate of drug-likeness (QED) is 0.345. The summed E-state index contributed by atoms with van der Waals surface area (Å²) in [5.41, 5.74) is 0.356. The molecule has 0 spiro atoms. The van der Waals surface area contributed by atoms with E-state index in [9.17, 15) is 23.3 Å². The van der Waals surface area contributed by atoms with Crippen LogP contribution >= 0.6 is 0 Å². The van der Waals surface area contributed by atoms with Gasteiger partial charge in [0.05, 0.1) is 24.3 Å². The van der Waals surface area contributed by atoms with Crippen molar-refractivity contribution in [2.45, 2.75) is 57.6 Å². The average molecular weight is 520 g/mol. The molecule has 0 bridgehead atoms. The molecule has 1 heterocycles. The van der Waals surface area contributed by atoms with Gasteiger partial charge in [0.25, 0.3) is 5.69 Å². The van der Waals surface area contributed by atoms with E-state index in [4.69, 9.17) is 9.47 Å². The molecule has 3 rings (SSSR count). The summed E-state index contributed by atoms with van der Waals surface area (Å²) in [6.07, 6.45) is 3.55. The number of sulfonamides is 1. The van der Waals surface area contributed by atoms with E-state index in [1.165, 1.54) is 19.2 Å². The molecule has 1 aliphatic heterocycles. The molecular weight excluding hydrogens is 486 g/mol. The molecule has 0 radical (unpaired) electrons. The van der Waals surface area contributed by atoms with E-state index in [2.05, 4.69) is 19.2 Å². The van der Waals surface area contributed by atoms with Gasteiger partial charge in [-0.3, -0.25) is 19.2 Å². The van der Waals surface area contributed by atoms with Crippen molar-refractivity contribution in [2.75, 3.05) is 24.2 Å². The smallest absolute Gasteiger partial charge is 0.271 e. The number of nitro groups is 1. The van der Waals surface area contributed by atoms with Gasteiger partial charge in [-0.25, -0.2) is 8.42 Å². The number of nitrogens with one attached hydrogen (secondary N) is 1. The first-order valence-corrected chi connectivity index (χ1v) is 13.8. The van der Waals surface area contributed by atoms with E-state index in [1.54, 1.807) is 0 Å². The summed E-state index contributed by atoms with van der Waals surface area (Å²) in [4.78, 5) is 23.5. The Morgan fingerprint density at radius 3 is 2.56 bits per heavy atom. The highest BCUT2D eigenvalue weighted by molar-refractivity contribution is 7.92. The molecule has 1 N–H and O–H groups in total. The summed E-state index contributed by atoms with van der Waals surface area (Å²) in [6.45, 7) is 4.10. The van der Waals surface area contributed by atoms with Gasteiger partial charge in [-0.05, 0) is 31.4 Å². The normalized spacial score (nSPS) is 16.4. The molecule has 0 aliphatic carbocycles. The molecule has 1 amide bonds. The van der Waals surface area contributed by atoms with Crippen LogP contribution in [0.3, 0.4) is 0 Å². The van der Waals surface area contributed by atoms with Crippen LogP contribution in [0.1, 0.15) is 57.6 Å². The van der Waals surface area contributed by atoms with Crippen molar-refractivity contribution in [1.29, 1.82) is 0 Å². The molecule has 0 saturated carbocycles. The minimum Gasteiger partial charge on any atom is -0.495 e. The van der Waals surface area contributed by atoms with E-state index in [0.29, 0.717) is 6.42 Å². The van der Waals surface area contributed by atoms with Gasteiger partial charge >= 0.3 is 0 Å². The Morgan fingerprint density at radius 2 is 1.94 bits per heavy atom. The third kappa shape index (κ3) is 6.07. The highest BCUT2D eigenvalue weighted by Gasteiger charge is 2.38. The van der Waals surface area contributed by atoms with Crippen LogP contribution < -0.4 is 19.1 Å². The van der Waals surface area contributed by atoms with E-state index in [1.807, 2.05) is 24.3 Å². The molecule has 0 unspecified atom stereocenters. The molecule has 2 aromatic rings. The van der Waals surface area contributed by atoms with Gasteiger partial charge in [0.2, 0.25) is 15.9 Å². The zero-order chi connectivity index (χ0) is 26.5. The van der Waals surface area contributed by atoms with Crippen LogP contribution in [0.25, 0.3) is 0 Å². The van der Waals surface area contributed by atoms with E-state index >= 15 is 0 Å². The standard InChI is InChI=1S/C25H33N3O7S/c1-5-25(6-2)17-20(19-10-7-8-11-22(19)35-25)26-24(29)12-9-15-27(36(4,32)33)21-16-18(28(30)31)13-14-23(21)34-3/h7-8,10-11,13-14,16,20H,5-6,9,12,15,17H2,1-4H3,(H,26,29)/t20-/m1/s1. The Hall–Kier alpha value is -3.34. The number of para-hydroxylation sites is 1. The van der Waals surface area contributed by atoms with Crippen LogP contribution in [0.4, 0.5) is 11.4 Å². The van der Waals surface area contributed by atoms with Crippen LogP contribution in [0, 0.1) is 10.1 Å². The summed E-state index contributed by atoms with van der Waals surface area (Å²) in [7, 11) is -2.44. The maximum absolute atomic E-state index is 12.9. The molecule has 11 heteroatoms. The first-order valence-electron chi connectivity index (χ1n) is 11.9. The maximum Gasteiger partial charge on any atom is 0.271 e. The van der Waals surface area contributed by atoms with Gasteiger partial charge in [-0.2, -0.15) is 0 Å². The molecular formula is C25H33N3O7S. The zero-order valence-electron chi connectivity index (χ0n) is 21.0. The van der Waals surface area contributed by atoms with Gasteiger partial charge in [0, 0.05) is 37.1 Å². The molecule has 0 fully saturated rings. The van der Waals surface area contributed by atoms with Crippen molar-refractivity contribution < 1.29 is 27.6 Å². The third-order valence-corrected chi connectivity index (χ3v) is 7.81. The minimum absolute atomic E-state index is 0.0397. The fourth-order valence-corrected chi connectivity index (χ4v) is 5.49. The van der Waals surface area contributed by atoms with Crippen molar-refractivity contribution in [2.24, 2.45) is 0 Å². The van der Waals surface area contributed by atoms with Gasteiger partial charge in [0.1, 0.15) is 22.8 Å². The number of hydrogen-bond acceptors (Lipinski definition) is 7. The number of benzene rings is 2. The first kappa shape index (κ1) is 27.3. The number of amides is 1. The second kappa shape index (κ2) is 11.2. The van der Waals surface area contributed by atoms with Gasteiger partial charge in [0.15, 0.2) is 0 Å². The number of nitrogens with zero attached hydrogens (tertiary/aromatic N) is 2. The van der Waals surface area contributed by atoms with Crippen LogP contribution in [0.15, 0.2) is 42.5 Å². The minimum atomic E-state index is -3.80. The molecule has 1 aliphatic rings. The molecule has 2 aromatic carbocycles. The van der Waals surface area contributed by atoms with E-state index in [-0.39, 0.29) is 54.1 Å². The molecule has 0 aromatic heterocycles. The predicted molar refractivity (Wildman–Crippen MR) is 137 cm³/mol. The van der Waals surface area contributed by atoms with Crippen LogP contribution in [-0.4, -0.2) is 44.8 Å². The lowest BCUT2D eigenvalue weighted by atomic mass is 9.83. The lowest BCUT2D eigenvalue weighted by Crippen LogP contribution is -2.44. The number of hydrogen-bond donors (Lipinski definition) is 1. The van der Waals surface area contributed by atoms with Crippen molar-refractivity contribution in [3.05, 3.63) is 58.1 Å². The van der Waals surface area contributed by atoms with Crippen molar-refractivity contribution >= 4 is 27.3 Å². The predicted octanol–water partition coefficient (Wildman–Crippen LogP) is 4.35. The number of nitro benzene ring substituents is 1. The summed E-state index contributed by atoms with van der Waals surface area (Å²) in [5, 5.41) is 14.3. The van der Waals surface area contributed by atoms with Crippen molar-refractivity contribution in [1.82, 2.24) is 5.32 Å². The summed E-state index contributed by atoms with van der Waals surface area (Å²) < 4.78 is 37.6. The Labute approximate surface area is 211 Å². The number of fused-ring (bicyclic) bond motifs is 1. The largest absolute Gasteiger partial charge is 0.495 e. The fraction of sp³-hybridized carbons (Fsp3) is 0.480. The molecule has 196 valence electrons. The third-order valence-electron chi connectivity index (χ3n) is 6.63. The van der Waals surface area contributed by atoms with E-state index < -0.39 is 14.9 Å². The Balaban J connectivity index is 1.73. The summed E-state index contributed by atoms with van der Waals surface area (Å²) in [5.74, 6) is 0.737. The lowest BCUT2D eigenvalue weighted by Gasteiger charge is -2.41. The van der Waals surface area contributed by atoms with Crippen LogP contribution in [0.2, 0.25) is 0 Å². The first-order chi connectivity index (χ1) is 17.0. The zero-order valence-corrected chi connectivity index (χ0v) is 21.8. The lowest BCUT2D eigenvalue weighted by molar-refractivity contribution is -0.384. The fourth-order valence-electron chi connectivity index (χ4n) is 4.53. The number of carbonyl (C=O) groups is 1.